The first-order valence-corrected chi connectivity index (χ1v) is 9.48. The van der Waals surface area contributed by atoms with Gasteiger partial charge in [0.15, 0.2) is 0 Å². The highest BCUT2D eigenvalue weighted by molar-refractivity contribution is 7.88. The lowest BCUT2D eigenvalue weighted by Crippen LogP contribution is -2.33. The molecule has 1 unspecified atom stereocenters. The SMILES string of the molecule is Cl.O=S(=O)(Cc1cc(Cl)cc(Cl)c1)NCCC1CCCNC1. The summed E-state index contributed by atoms with van der Waals surface area (Å²) < 4.78 is 26.8. The maximum Gasteiger partial charge on any atom is 0.215 e. The van der Waals surface area contributed by atoms with Gasteiger partial charge in [0.1, 0.15) is 0 Å². The minimum atomic E-state index is -3.36. The first-order chi connectivity index (χ1) is 9.94. The third kappa shape index (κ3) is 7.02. The largest absolute Gasteiger partial charge is 0.316 e. The summed E-state index contributed by atoms with van der Waals surface area (Å²) >= 11 is 11.8. The smallest absolute Gasteiger partial charge is 0.215 e. The van der Waals surface area contributed by atoms with Crippen LogP contribution in [0.2, 0.25) is 10.0 Å². The normalized spacial score (nSPS) is 18.7. The van der Waals surface area contributed by atoms with Crippen LogP contribution in [0.15, 0.2) is 18.2 Å². The number of piperidine rings is 1. The Bertz CT molecular complexity index is 555. The maximum absolute atomic E-state index is 12.1. The molecule has 126 valence electrons. The van der Waals surface area contributed by atoms with Gasteiger partial charge >= 0.3 is 0 Å². The van der Waals surface area contributed by atoms with Crippen molar-refractivity contribution in [2.75, 3.05) is 19.6 Å². The lowest BCUT2D eigenvalue weighted by Gasteiger charge is -2.22. The Morgan fingerprint density at radius 3 is 2.50 bits per heavy atom. The molecule has 2 N–H and O–H groups in total. The van der Waals surface area contributed by atoms with Crippen LogP contribution < -0.4 is 10.0 Å². The molecule has 1 saturated heterocycles. The molecule has 1 aliphatic rings. The van der Waals surface area contributed by atoms with Gasteiger partial charge in [0.25, 0.3) is 0 Å². The average molecular weight is 388 g/mol. The van der Waals surface area contributed by atoms with Gasteiger partial charge in [0.05, 0.1) is 5.75 Å². The van der Waals surface area contributed by atoms with E-state index in [9.17, 15) is 8.42 Å². The zero-order valence-electron chi connectivity index (χ0n) is 12.1. The standard InChI is InChI=1S/C14H20Cl2N2O2S.ClH/c15-13-6-12(7-14(16)8-13)10-21(19,20)18-5-3-11-2-1-4-17-9-11;/h6-8,11,17-18H,1-5,9-10H2;1H. The molecule has 22 heavy (non-hydrogen) atoms. The van der Waals surface area contributed by atoms with E-state index in [-0.39, 0.29) is 18.2 Å². The second-order valence-electron chi connectivity index (χ2n) is 5.43. The Hall–Kier alpha value is -0.0400. The maximum atomic E-state index is 12.1. The van der Waals surface area contributed by atoms with Crippen LogP contribution in [0.5, 0.6) is 0 Å². The molecule has 8 heteroatoms. The van der Waals surface area contributed by atoms with Crippen molar-refractivity contribution < 1.29 is 8.42 Å². The van der Waals surface area contributed by atoms with E-state index in [0.717, 1.165) is 19.5 Å². The second kappa shape index (κ2) is 9.30. The zero-order valence-corrected chi connectivity index (χ0v) is 15.3. The van der Waals surface area contributed by atoms with Crippen LogP contribution in [-0.4, -0.2) is 28.1 Å². The van der Waals surface area contributed by atoms with Crippen LogP contribution in [0, 0.1) is 5.92 Å². The monoisotopic (exact) mass is 386 g/mol. The van der Waals surface area contributed by atoms with Gasteiger partial charge in [-0.3, -0.25) is 0 Å². The summed E-state index contributed by atoms with van der Waals surface area (Å²) in [5, 5.41) is 4.22. The summed E-state index contributed by atoms with van der Waals surface area (Å²) in [7, 11) is -3.36. The zero-order chi connectivity index (χ0) is 15.3. The van der Waals surface area contributed by atoms with Gasteiger partial charge in [-0.15, -0.1) is 12.4 Å². The highest BCUT2D eigenvalue weighted by Crippen LogP contribution is 2.20. The number of hydrogen-bond donors (Lipinski definition) is 2. The van der Waals surface area contributed by atoms with E-state index in [4.69, 9.17) is 23.2 Å². The predicted octanol–water partition coefficient (Wildman–Crippen LogP) is 3.22. The summed E-state index contributed by atoms with van der Waals surface area (Å²) in [6.07, 6.45) is 3.19. The number of benzene rings is 1. The fourth-order valence-electron chi connectivity index (χ4n) is 2.55. The lowest BCUT2D eigenvalue weighted by molar-refractivity contribution is 0.358. The second-order valence-corrected chi connectivity index (χ2v) is 8.11. The number of halogens is 3. The van der Waals surface area contributed by atoms with Gasteiger partial charge in [-0.25, -0.2) is 13.1 Å². The molecule has 2 rings (SSSR count). The fraction of sp³-hybridized carbons (Fsp3) is 0.571. The number of nitrogens with one attached hydrogen (secondary N) is 2. The summed E-state index contributed by atoms with van der Waals surface area (Å²) in [5.41, 5.74) is 0.597. The van der Waals surface area contributed by atoms with Crippen molar-refractivity contribution in [2.45, 2.75) is 25.0 Å². The van der Waals surface area contributed by atoms with Gasteiger partial charge < -0.3 is 5.32 Å². The molecule has 1 fully saturated rings. The van der Waals surface area contributed by atoms with Gasteiger partial charge in [0, 0.05) is 16.6 Å². The van der Waals surface area contributed by atoms with Crippen molar-refractivity contribution in [3.05, 3.63) is 33.8 Å². The molecule has 0 bridgehead atoms. The topological polar surface area (TPSA) is 58.2 Å². The third-order valence-corrected chi connectivity index (χ3v) is 5.35. The highest BCUT2D eigenvalue weighted by atomic mass is 35.5. The fourth-order valence-corrected chi connectivity index (χ4v) is 4.26. The molecule has 1 aromatic carbocycles. The number of rotatable bonds is 6. The Kier molecular flexibility index (Phi) is 8.46. The molecule has 4 nitrogen and oxygen atoms in total. The van der Waals surface area contributed by atoms with Gasteiger partial charge in [-0.05, 0) is 62.0 Å². The van der Waals surface area contributed by atoms with E-state index >= 15 is 0 Å². The number of hydrogen-bond acceptors (Lipinski definition) is 3. The molecule has 0 saturated carbocycles. The van der Waals surface area contributed by atoms with E-state index in [0.29, 0.717) is 28.1 Å². The molecule has 0 radical (unpaired) electrons. The van der Waals surface area contributed by atoms with Crippen LogP contribution in [-0.2, 0) is 15.8 Å². The summed E-state index contributed by atoms with van der Waals surface area (Å²) in [6.45, 7) is 2.52. The van der Waals surface area contributed by atoms with Gasteiger partial charge in [-0.1, -0.05) is 23.2 Å². The Labute approximate surface area is 148 Å². The van der Waals surface area contributed by atoms with Crippen LogP contribution >= 0.6 is 35.6 Å². The van der Waals surface area contributed by atoms with Crippen molar-refractivity contribution in [3.63, 3.8) is 0 Å². The molecule has 1 aromatic rings. The molecule has 0 aromatic heterocycles. The summed E-state index contributed by atoms with van der Waals surface area (Å²) in [6, 6.07) is 4.83. The Balaban J connectivity index is 0.00000242. The molecule has 1 heterocycles. The first kappa shape index (κ1) is 20.0. The van der Waals surface area contributed by atoms with Crippen molar-refractivity contribution in [3.8, 4) is 0 Å². The highest BCUT2D eigenvalue weighted by Gasteiger charge is 2.16. The third-order valence-electron chi connectivity index (χ3n) is 3.55. The Morgan fingerprint density at radius 1 is 1.23 bits per heavy atom. The van der Waals surface area contributed by atoms with Crippen LogP contribution in [0.25, 0.3) is 0 Å². The van der Waals surface area contributed by atoms with E-state index in [1.807, 2.05) is 0 Å². The van der Waals surface area contributed by atoms with Crippen molar-refractivity contribution in [1.29, 1.82) is 0 Å². The van der Waals surface area contributed by atoms with E-state index < -0.39 is 10.0 Å². The summed E-state index contributed by atoms with van der Waals surface area (Å²) in [5.74, 6) is 0.456. The van der Waals surface area contributed by atoms with Crippen molar-refractivity contribution in [1.82, 2.24) is 10.0 Å². The molecule has 1 aliphatic heterocycles. The molecular formula is C14H21Cl3N2O2S. The quantitative estimate of drug-likeness (QED) is 0.788. The average Bonchev–Trinajstić information content (AvgIpc) is 2.37. The lowest BCUT2D eigenvalue weighted by atomic mass is 9.96. The van der Waals surface area contributed by atoms with E-state index in [1.165, 1.54) is 12.8 Å². The molecule has 1 atom stereocenters. The van der Waals surface area contributed by atoms with Crippen LogP contribution in [0.3, 0.4) is 0 Å². The van der Waals surface area contributed by atoms with Gasteiger partial charge in [-0.2, -0.15) is 0 Å². The van der Waals surface area contributed by atoms with Crippen LogP contribution in [0.1, 0.15) is 24.8 Å². The summed E-state index contributed by atoms with van der Waals surface area (Å²) in [4.78, 5) is 0. The first-order valence-electron chi connectivity index (χ1n) is 7.08. The predicted molar refractivity (Wildman–Crippen MR) is 94.5 cm³/mol. The molecule has 0 amide bonds. The minimum Gasteiger partial charge on any atom is -0.316 e. The van der Waals surface area contributed by atoms with E-state index in [1.54, 1.807) is 18.2 Å². The van der Waals surface area contributed by atoms with Crippen LogP contribution in [0.4, 0.5) is 0 Å². The molecular weight excluding hydrogens is 367 g/mol. The van der Waals surface area contributed by atoms with Crippen molar-refractivity contribution >= 4 is 45.6 Å². The minimum absolute atomic E-state index is 0. The molecule has 0 spiro atoms. The van der Waals surface area contributed by atoms with Crippen molar-refractivity contribution in [2.24, 2.45) is 5.92 Å². The molecule has 0 aliphatic carbocycles. The number of sulfonamides is 1. The van der Waals surface area contributed by atoms with Gasteiger partial charge in [0.2, 0.25) is 10.0 Å². The Morgan fingerprint density at radius 2 is 1.91 bits per heavy atom. The van der Waals surface area contributed by atoms with E-state index in [2.05, 4.69) is 10.0 Å².